The average molecular weight is 284 g/mol. The molecule has 4 heteroatoms. The van der Waals surface area contributed by atoms with E-state index in [0.29, 0.717) is 0 Å². The molecule has 3 rings (SSSR count). The summed E-state index contributed by atoms with van der Waals surface area (Å²) < 4.78 is 0. The summed E-state index contributed by atoms with van der Waals surface area (Å²) in [6.07, 6.45) is 6.38. The molecule has 0 radical (unpaired) electrons. The van der Waals surface area contributed by atoms with Crippen molar-refractivity contribution in [3.63, 3.8) is 0 Å². The van der Waals surface area contributed by atoms with Crippen LogP contribution < -0.4 is 5.32 Å². The molecule has 0 saturated heterocycles. The smallest absolute Gasteiger partial charge is 0.0948 e. The number of anilines is 1. The van der Waals surface area contributed by atoms with Gasteiger partial charge in [-0.3, -0.25) is 9.97 Å². The van der Waals surface area contributed by atoms with E-state index in [1.54, 1.807) is 12.4 Å². The standard InChI is InChI=1S/C16H14ClN3/c17-14-5-6-15(16-13(14)4-2-9-20-16)19-10-7-12-3-1-8-18-11-12/h1-6,8-9,11,19H,7,10H2. The van der Waals surface area contributed by atoms with Gasteiger partial charge in [0.2, 0.25) is 0 Å². The van der Waals surface area contributed by atoms with Crippen molar-refractivity contribution in [3.8, 4) is 0 Å². The molecule has 1 N–H and O–H groups in total. The minimum Gasteiger partial charge on any atom is -0.383 e. The Labute approximate surface area is 122 Å². The second-order valence-corrected chi connectivity index (χ2v) is 4.94. The molecule has 0 fully saturated rings. The number of fused-ring (bicyclic) bond motifs is 1. The van der Waals surface area contributed by atoms with Crippen LogP contribution in [0.4, 0.5) is 5.69 Å². The lowest BCUT2D eigenvalue weighted by Crippen LogP contribution is -2.05. The van der Waals surface area contributed by atoms with Crippen LogP contribution in [0.15, 0.2) is 55.0 Å². The van der Waals surface area contributed by atoms with Gasteiger partial charge in [-0.2, -0.15) is 0 Å². The van der Waals surface area contributed by atoms with Crippen molar-refractivity contribution < 1.29 is 0 Å². The zero-order valence-electron chi connectivity index (χ0n) is 10.9. The lowest BCUT2D eigenvalue weighted by Gasteiger charge is -2.10. The molecule has 0 aliphatic heterocycles. The first-order chi connectivity index (χ1) is 9.84. The summed E-state index contributed by atoms with van der Waals surface area (Å²) in [5.74, 6) is 0. The number of hydrogen-bond acceptors (Lipinski definition) is 3. The summed E-state index contributed by atoms with van der Waals surface area (Å²) in [5, 5.41) is 5.11. The molecule has 1 aromatic carbocycles. The molecule has 0 aliphatic rings. The average Bonchev–Trinajstić information content (AvgIpc) is 2.51. The molecule has 0 amide bonds. The number of halogens is 1. The first-order valence-electron chi connectivity index (χ1n) is 6.50. The van der Waals surface area contributed by atoms with E-state index in [0.717, 1.165) is 34.6 Å². The molecule has 2 aromatic heterocycles. The Morgan fingerprint density at radius 2 is 1.95 bits per heavy atom. The van der Waals surface area contributed by atoms with Crippen molar-refractivity contribution in [3.05, 3.63) is 65.6 Å². The highest BCUT2D eigenvalue weighted by molar-refractivity contribution is 6.35. The third-order valence-corrected chi connectivity index (χ3v) is 3.50. The molecule has 0 aliphatic carbocycles. The normalized spacial score (nSPS) is 10.7. The van der Waals surface area contributed by atoms with Gasteiger partial charge in [0.05, 0.1) is 16.2 Å². The van der Waals surface area contributed by atoms with Crippen LogP contribution in [0, 0.1) is 0 Å². The maximum atomic E-state index is 6.18. The van der Waals surface area contributed by atoms with Gasteiger partial charge in [-0.1, -0.05) is 17.7 Å². The van der Waals surface area contributed by atoms with E-state index in [-0.39, 0.29) is 0 Å². The first kappa shape index (κ1) is 12.9. The van der Waals surface area contributed by atoms with E-state index in [1.807, 2.05) is 36.5 Å². The Kier molecular flexibility index (Phi) is 3.79. The van der Waals surface area contributed by atoms with E-state index in [1.165, 1.54) is 5.56 Å². The van der Waals surface area contributed by atoms with Crippen molar-refractivity contribution in [2.75, 3.05) is 11.9 Å². The van der Waals surface area contributed by atoms with Crippen LogP contribution in [0.3, 0.4) is 0 Å². The third-order valence-electron chi connectivity index (χ3n) is 3.17. The molecule has 20 heavy (non-hydrogen) atoms. The first-order valence-corrected chi connectivity index (χ1v) is 6.88. The van der Waals surface area contributed by atoms with E-state index in [4.69, 9.17) is 11.6 Å². The molecular weight excluding hydrogens is 270 g/mol. The molecular formula is C16H14ClN3. The molecule has 0 unspecified atom stereocenters. The van der Waals surface area contributed by atoms with Crippen molar-refractivity contribution in [2.24, 2.45) is 0 Å². The van der Waals surface area contributed by atoms with Gasteiger partial charge in [-0.05, 0) is 42.3 Å². The van der Waals surface area contributed by atoms with Gasteiger partial charge < -0.3 is 5.32 Å². The highest BCUT2D eigenvalue weighted by atomic mass is 35.5. The number of rotatable bonds is 4. The van der Waals surface area contributed by atoms with Crippen molar-refractivity contribution in [2.45, 2.75) is 6.42 Å². The maximum absolute atomic E-state index is 6.18. The summed E-state index contributed by atoms with van der Waals surface area (Å²) in [4.78, 5) is 8.52. The summed E-state index contributed by atoms with van der Waals surface area (Å²) >= 11 is 6.18. The summed E-state index contributed by atoms with van der Waals surface area (Å²) in [6.45, 7) is 0.832. The summed E-state index contributed by atoms with van der Waals surface area (Å²) in [6, 6.07) is 11.8. The summed E-state index contributed by atoms with van der Waals surface area (Å²) in [5.41, 5.74) is 3.13. The van der Waals surface area contributed by atoms with Crippen LogP contribution in [-0.4, -0.2) is 16.5 Å². The van der Waals surface area contributed by atoms with Crippen molar-refractivity contribution in [1.82, 2.24) is 9.97 Å². The zero-order chi connectivity index (χ0) is 13.8. The SMILES string of the molecule is Clc1ccc(NCCc2cccnc2)c2ncccc12. The fraction of sp³-hybridized carbons (Fsp3) is 0.125. The van der Waals surface area contributed by atoms with Crippen LogP contribution in [0.25, 0.3) is 10.9 Å². The number of aromatic nitrogens is 2. The Balaban J connectivity index is 1.77. The molecule has 3 nitrogen and oxygen atoms in total. The van der Waals surface area contributed by atoms with Crippen LogP contribution in [-0.2, 0) is 6.42 Å². The van der Waals surface area contributed by atoms with E-state index < -0.39 is 0 Å². The van der Waals surface area contributed by atoms with Crippen LogP contribution in [0.1, 0.15) is 5.56 Å². The lowest BCUT2D eigenvalue weighted by molar-refractivity contribution is 1.01. The van der Waals surface area contributed by atoms with Crippen molar-refractivity contribution >= 4 is 28.2 Å². The van der Waals surface area contributed by atoms with Crippen molar-refractivity contribution in [1.29, 1.82) is 0 Å². The fourth-order valence-electron chi connectivity index (χ4n) is 2.17. The second-order valence-electron chi connectivity index (χ2n) is 4.53. The van der Waals surface area contributed by atoms with Gasteiger partial charge in [0, 0.05) is 30.5 Å². The Hall–Kier alpha value is -2.13. The molecule has 0 atom stereocenters. The molecule has 0 bridgehead atoms. The predicted molar refractivity (Wildman–Crippen MR) is 83.2 cm³/mol. The Morgan fingerprint density at radius 3 is 2.80 bits per heavy atom. The largest absolute Gasteiger partial charge is 0.383 e. The van der Waals surface area contributed by atoms with Gasteiger partial charge in [-0.15, -0.1) is 0 Å². The van der Waals surface area contributed by atoms with Gasteiger partial charge >= 0.3 is 0 Å². The maximum Gasteiger partial charge on any atom is 0.0948 e. The Bertz CT molecular complexity index is 713. The summed E-state index contributed by atoms with van der Waals surface area (Å²) in [7, 11) is 0. The predicted octanol–water partition coefficient (Wildman–Crippen LogP) is 3.94. The van der Waals surface area contributed by atoms with Crippen LogP contribution >= 0.6 is 11.6 Å². The van der Waals surface area contributed by atoms with E-state index in [2.05, 4.69) is 21.4 Å². The topological polar surface area (TPSA) is 37.8 Å². The highest BCUT2D eigenvalue weighted by Crippen LogP contribution is 2.27. The number of nitrogens with one attached hydrogen (secondary N) is 1. The number of benzene rings is 1. The molecule has 0 saturated carbocycles. The lowest BCUT2D eigenvalue weighted by atomic mass is 10.1. The molecule has 0 spiro atoms. The number of nitrogens with zero attached hydrogens (tertiary/aromatic N) is 2. The molecule has 2 heterocycles. The fourth-order valence-corrected chi connectivity index (χ4v) is 2.38. The Morgan fingerprint density at radius 1 is 1.05 bits per heavy atom. The highest BCUT2D eigenvalue weighted by Gasteiger charge is 2.05. The second kappa shape index (κ2) is 5.88. The van der Waals surface area contributed by atoms with Crippen LogP contribution in [0.2, 0.25) is 5.02 Å². The number of pyridine rings is 2. The van der Waals surface area contributed by atoms with Gasteiger partial charge in [-0.25, -0.2) is 0 Å². The van der Waals surface area contributed by atoms with E-state index in [9.17, 15) is 0 Å². The van der Waals surface area contributed by atoms with Crippen LogP contribution in [0.5, 0.6) is 0 Å². The minimum absolute atomic E-state index is 0.728. The van der Waals surface area contributed by atoms with Gasteiger partial charge in [0.1, 0.15) is 0 Å². The zero-order valence-corrected chi connectivity index (χ0v) is 11.6. The quantitative estimate of drug-likeness (QED) is 0.788. The minimum atomic E-state index is 0.728. The molecule has 3 aromatic rings. The van der Waals surface area contributed by atoms with Gasteiger partial charge in [0.15, 0.2) is 0 Å². The monoisotopic (exact) mass is 283 g/mol. The van der Waals surface area contributed by atoms with E-state index >= 15 is 0 Å². The number of hydrogen-bond donors (Lipinski definition) is 1. The molecule has 100 valence electrons. The third kappa shape index (κ3) is 2.73. The van der Waals surface area contributed by atoms with Gasteiger partial charge in [0.25, 0.3) is 0 Å².